The monoisotopic (exact) mass is 326 g/mol. The van der Waals surface area contributed by atoms with Gasteiger partial charge in [0.25, 0.3) is 0 Å². The van der Waals surface area contributed by atoms with E-state index in [1.807, 2.05) is 0 Å². The highest BCUT2D eigenvalue weighted by Gasteiger charge is 2.47. The molecule has 0 N–H and O–H groups in total. The Kier molecular flexibility index (Phi) is 6.93. The Hall–Kier alpha value is -2.18. The van der Waals surface area contributed by atoms with Crippen molar-refractivity contribution >= 4 is 23.7 Å². The third kappa shape index (κ3) is 4.40. The minimum Gasteiger partial charge on any atom is -0.469 e. The van der Waals surface area contributed by atoms with E-state index < -0.39 is 29.2 Å². The Balaban J connectivity index is 3.09. The van der Waals surface area contributed by atoms with E-state index in [-0.39, 0.29) is 31.5 Å². The summed E-state index contributed by atoms with van der Waals surface area (Å²) >= 11 is 0. The van der Waals surface area contributed by atoms with E-state index in [0.717, 1.165) is 0 Å². The molecule has 1 rings (SSSR count). The largest absolute Gasteiger partial charge is 0.469 e. The third-order valence-corrected chi connectivity index (χ3v) is 4.05. The predicted molar refractivity (Wildman–Crippen MR) is 79.2 cm³/mol. The summed E-state index contributed by atoms with van der Waals surface area (Å²) in [5, 5.41) is 0. The molecular weight excluding hydrogens is 304 g/mol. The van der Waals surface area contributed by atoms with Crippen LogP contribution < -0.4 is 0 Å². The van der Waals surface area contributed by atoms with Gasteiger partial charge in [0.05, 0.1) is 27.2 Å². The van der Waals surface area contributed by atoms with Crippen LogP contribution in [0.3, 0.4) is 0 Å². The van der Waals surface area contributed by atoms with Crippen molar-refractivity contribution in [3.05, 3.63) is 12.2 Å². The lowest BCUT2D eigenvalue weighted by atomic mass is 9.77. The Morgan fingerprint density at radius 3 is 2.17 bits per heavy atom. The molecule has 0 aromatic carbocycles. The number of Topliss-reactive ketones (excluding diaryl/α,β-unsaturated/α-hetero) is 1. The van der Waals surface area contributed by atoms with Crippen LogP contribution in [-0.4, -0.2) is 45.0 Å². The van der Waals surface area contributed by atoms with Crippen LogP contribution in [0.5, 0.6) is 0 Å². The van der Waals surface area contributed by atoms with Gasteiger partial charge >= 0.3 is 17.9 Å². The number of methoxy groups -OCH3 is 3. The second-order valence-corrected chi connectivity index (χ2v) is 5.44. The second-order valence-electron chi connectivity index (χ2n) is 5.44. The number of carbonyl (C=O) groups is 4. The number of carbonyl (C=O) groups excluding carboxylic acids is 4. The molecule has 0 amide bonds. The van der Waals surface area contributed by atoms with Gasteiger partial charge in [-0.2, -0.15) is 0 Å². The van der Waals surface area contributed by atoms with E-state index in [9.17, 15) is 19.2 Å². The molecule has 0 spiro atoms. The average molecular weight is 326 g/mol. The molecule has 23 heavy (non-hydrogen) atoms. The number of ketones is 1. The zero-order chi connectivity index (χ0) is 17.5. The van der Waals surface area contributed by atoms with Crippen molar-refractivity contribution in [3.63, 3.8) is 0 Å². The van der Waals surface area contributed by atoms with E-state index in [0.29, 0.717) is 6.42 Å². The van der Waals surface area contributed by atoms with E-state index >= 15 is 0 Å². The van der Waals surface area contributed by atoms with Crippen molar-refractivity contribution in [2.45, 2.75) is 32.1 Å². The maximum atomic E-state index is 12.1. The van der Waals surface area contributed by atoms with Gasteiger partial charge in [-0.05, 0) is 19.3 Å². The number of ether oxygens (including phenoxy) is 3. The maximum absolute atomic E-state index is 12.1. The van der Waals surface area contributed by atoms with Crippen LogP contribution in [0, 0.1) is 11.3 Å². The Bertz CT molecular complexity index is 491. The van der Waals surface area contributed by atoms with Gasteiger partial charge in [0.1, 0.15) is 5.78 Å². The van der Waals surface area contributed by atoms with Gasteiger partial charge < -0.3 is 14.2 Å². The van der Waals surface area contributed by atoms with Gasteiger partial charge in [-0.3, -0.25) is 19.2 Å². The van der Waals surface area contributed by atoms with E-state index in [1.54, 1.807) is 12.2 Å². The lowest BCUT2D eigenvalue weighted by molar-refractivity contribution is -0.169. The first-order chi connectivity index (χ1) is 10.9. The fourth-order valence-corrected chi connectivity index (χ4v) is 2.65. The highest BCUT2D eigenvalue weighted by Crippen LogP contribution is 2.34. The van der Waals surface area contributed by atoms with Crippen molar-refractivity contribution in [2.24, 2.45) is 11.3 Å². The van der Waals surface area contributed by atoms with Gasteiger partial charge in [-0.25, -0.2) is 0 Å². The summed E-state index contributed by atoms with van der Waals surface area (Å²) in [6.07, 6.45) is 3.62. The molecule has 7 nitrogen and oxygen atoms in total. The molecule has 1 unspecified atom stereocenters. The molecule has 1 aliphatic carbocycles. The predicted octanol–water partition coefficient (Wildman–Crippen LogP) is 1.20. The SMILES string of the molecule is COC(=O)C1C/C=C/CC(C(=O)OC)(C(=O)OC)CCC(=O)C1. The fraction of sp³-hybridized carbons (Fsp3) is 0.625. The highest BCUT2D eigenvalue weighted by molar-refractivity contribution is 6.00. The van der Waals surface area contributed by atoms with Crippen molar-refractivity contribution < 1.29 is 33.4 Å². The molecule has 0 aromatic rings. The quantitative estimate of drug-likeness (QED) is 0.333. The molecule has 1 atom stereocenters. The van der Waals surface area contributed by atoms with Crippen molar-refractivity contribution in [2.75, 3.05) is 21.3 Å². The van der Waals surface area contributed by atoms with E-state index in [4.69, 9.17) is 9.47 Å². The molecule has 0 bridgehead atoms. The van der Waals surface area contributed by atoms with Crippen LogP contribution in [0.25, 0.3) is 0 Å². The van der Waals surface area contributed by atoms with Gasteiger partial charge in [-0.15, -0.1) is 0 Å². The number of allylic oxidation sites excluding steroid dienone is 2. The van der Waals surface area contributed by atoms with Gasteiger partial charge in [0.15, 0.2) is 5.41 Å². The molecule has 0 saturated heterocycles. The Labute approximate surface area is 135 Å². The molecule has 0 fully saturated rings. The van der Waals surface area contributed by atoms with Crippen LogP contribution in [0.4, 0.5) is 0 Å². The summed E-state index contributed by atoms with van der Waals surface area (Å²) in [6, 6.07) is 0. The topological polar surface area (TPSA) is 96.0 Å². The molecular formula is C16H22O7. The van der Waals surface area contributed by atoms with Crippen molar-refractivity contribution in [1.82, 2.24) is 0 Å². The molecule has 0 heterocycles. The normalized spacial score (nSPS) is 22.6. The second kappa shape index (κ2) is 8.45. The van der Waals surface area contributed by atoms with Crippen LogP contribution in [0.15, 0.2) is 12.2 Å². The summed E-state index contributed by atoms with van der Waals surface area (Å²) in [6.45, 7) is 0. The van der Waals surface area contributed by atoms with Gasteiger partial charge in [0.2, 0.25) is 0 Å². The van der Waals surface area contributed by atoms with Crippen molar-refractivity contribution in [1.29, 1.82) is 0 Å². The van der Waals surface area contributed by atoms with Crippen LogP contribution in [0.2, 0.25) is 0 Å². The molecule has 1 aliphatic rings. The first kappa shape index (κ1) is 18.9. The van der Waals surface area contributed by atoms with Gasteiger partial charge in [0, 0.05) is 12.8 Å². The lowest BCUT2D eigenvalue weighted by Crippen LogP contribution is -2.41. The van der Waals surface area contributed by atoms with E-state index in [2.05, 4.69) is 4.74 Å². The number of esters is 3. The molecule has 0 aliphatic heterocycles. The first-order valence-corrected chi connectivity index (χ1v) is 7.32. The van der Waals surface area contributed by atoms with Crippen LogP contribution in [0.1, 0.15) is 32.1 Å². The molecule has 0 aromatic heterocycles. The summed E-state index contributed by atoms with van der Waals surface area (Å²) in [4.78, 5) is 48.0. The number of hydrogen-bond donors (Lipinski definition) is 0. The standard InChI is InChI=1S/C16H22O7/c1-21-13(18)11-6-4-5-8-16(14(19)22-2,15(20)23-3)9-7-12(17)10-11/h4-5,11H,6-10H2,1-3H3/b5-4+. The summed E-state index contributed by atoms with van der Waals surface area (Å²) < 4.78 is 14.2. The molecule has 7 heteroatoms. The molecule has 128 valence electrons. The Morgan fingerprint density at radius 2 is 1.65 bits per heavy atom. The minimum atomic E-state index is -1.53. The highest BCUT2D eigenvalue weighted by atomic mass is 16.5. The maximum Gasteiger partial charge on any atom is 0.323 e. The van der Waals surface area contributed by atoms with Crippen LogP contribution in [-0.2, 0) is 33.4 Å². The molecule has 0 radical (unpaired) electrons. The Morgan fingerprint density at radius 1 is 1.04 bits per heavy atom. The molecule has 0 saturated carbocycles. The summed E-state index contributed by atoms with van der Waals surface area (Å²) in [5.41, 5.74) is -1.53. The zero-order valence-corrected chi connectivity index (χ0v) is 13.6. The number of rotatable bonds is 3. The summed E-state index contributed by atoms with van der Waals surface area (Å²) in [5.74, 6) is -2.67. The zero-order valence-electron chi connectivity index (χ0n) is 13.6. The minimum absolute atomic E-state index is 0.00936. The average Bonchev–Trinajstić information content (AvgIpc) is 2.58. The van der Waals surface area contributed by atoms with Crippen molar-refractivity contribution in [3.8, 4) is 0 Å². The summed E-state index contributed by atoms with van der Waals surface area (Å²) in [7, 11) is 3.64. The fourth-order valence-electron chi connectivity index (χ4n) is 2.65. The lowest BCUT2D eigenvalue weighted by Gasteiger charge is -2.27. The first-order valence-electron chi connectivity index (χ1n) is 7.32. The third-order valence-electron chi connectivity index (χ3n) is 4.05. The number of hydrogen-bond acceptors (Lipinski definition) is 7. The smallest absolute Gasteiger partial charge is 0.323 e. The van der Waals surface area contributed by atoms with E-state index in [1.165, 1.54) is 21.3 Å². The van der Waals surface area contributed by atoms with Crippen LogP contribution >= 0.6 is 0 Å². The van der Waals surface area contributed by atoms with Gasteiger partial charge in [-0.1, -0.05) is 12.2 Å².